The SMILES string of the molecule is CC(=O)OCc1ccc(-n2c(-c3cccnc3N)nc3cc(C#N)c(C)nc32)cc1. The van der Waals surface area contributed by atoms with Gasteiger partial charge in [-0.3, -0.25) is 9.36 Å². The van der Waals surface area contributed by atoms with Crippen molar-refractivity contribution in [1.29, 1.82) is 5.26 Å². The van der Waals surface area contributed by atoms with Gasteiger partial charge in [0.1, 0.15) is 24.0 Å². The van der Waals surface area contributed by atoms with E-state index in [-0.39, 0.29) is 12.6 Å². The first-order valence-corrected chi connectivity index (χ1v) is 9.21. The second kappa shape index (κ2) is 7.64. The van der Waals surface area contributed by atoms with E-state index >= 15 is 0 Å². The number of nitrogen functional groups attached to an aromatic ring is 1. The molecule has 0 unspecified atom stereocenters. The van der Waals surface area contributed by atoms with Gasteiger partial charge in [-0.15, -0.1) is 0 Å². The number of carbonyl (C=O) groups is 1. The molecule has 0 fully saturated rings. The van der Waals surface area contributed by atoms with Crippen molar-refractivity contribution in [1.82, 2.24) is 19.5 Å². The van der Waals surface area contributed by atoms with Gasteiger partial charge in [-0.25, -0.2) is 15.0 Å². The maximum absolute atomic E-state index is 11.1. The second-order valence-electron chi connectivity index (χ2n) is 6.73. The molecule has 8 nitrogen and oxygen atoms in total. The quantitative estimate of drug-likeness (QED) is 0.524. The summed E-state index contributed by atoms with van der Waals surface area (Å²) in [5, 5.41) is 9.36. The van der Waals surface area contributed by atoms with Gasteiger partial charge in [0, 0.05) is 18.8 Å². The van der Waals surface area contributed by atoms with Crippen LogP contribution in [0.15, 0.2) is 48.7 Å². The molecule has 0 atom stereocenters. The Morgan fingerprint density at radius 1 is 1.23 bits per heavy atom. The lowest BCUT2D eigenvalue weighted by Gasteiger charge is -2.11. The van der Waals surface area contributed by atoms with Crippen LogP contribution in [0.3, 0.4) is 0 Å². The number of pyridine rings is 2. The highest BCUT2D eigenvalue weighted by Gasteiger charge is 2.19. The number of hydrogen-bond donors (Lipinski definition) is 1. The van der Waals surface area contributed by atoms with Gasteiger partial charge in [0.05, 0.1) is 16.8 Å². The molecule has 0 aliphatic rings. The maximum atomic E-state index is 11.1. The number of anilines is 1. The zero-order chi connectivity index (χ0) is 21.3. The van der Waals surface area contributed by atoms with E-state index in [0.717, 1.165) is 11.3 Å². The van der Waals surface area contributed by atoms with Gasteiger partial charge < -0.3 is 10.5 Å². The van der Waals surface area contributed by atoms with Gasteiger partial charge in [0.25, 0.3) is 0 Å². The van der Waals surface area contributed by atoms with E-state index in [4.69, 9.17) is 15.5 Å². The summed E-state index contributed by atoms with van der Waals surface area (Å²) in [4.78, 5) is 24.6. The van der Waals surface area contributed by atoms with Gasteiger partial charge in [-0.05, 0) is 42.8 Å². The molecule has 0 aliphatic heterocycles. The molecule has 30 heavy (non-hydrogen) atoms. The first-order chi connectivity index (χ1) is 14.5. The molecule has 3 aromatic heterocycles. The fourth-order valence-electron chi connectivity index (χ4n) is 3.16. The number of rotatable bonds is 4. The van der Waals surface area contributed by atoms with Crippen LogP contribution < -0.4 is 5.73 Å². The van der Waals surface area contributed by atoms with Crippen molar-refractivity contribution >= 4 is 23.0 Å². The van der Waals surface area contributed by atoms with E-state index in [1.807, 2.05) is 34.9 Å². The summed E-state index contributed by atoms with van der Waals surface area (Å²) in [6.07, 6.45) is 1.62. The molecule has 3 heterocycles. The number of nitrogens with zero attached hydrogens (tertiary/aromatic N) is 5. The molecule has 0 aliphatic carbocycles. The third-order valence-electron chi connectivity index (χ3n) is 4.66. The summed E-state index contributed by atoms with van der Waals surface area (Å²) >= 11 is 0. The molecule has 8 heteroatoms. The first-order valence-electron chi connectivity index (χ1n) is 9.21. The summed E-state index contributed by atoms with van der Waals surface area (Å²) in [5.41, 5.74) is 10.7. The lowest BCUT2D eigenvalue weighted by Crippen LogP contribution is -2.03. The van der Waals surface area contributed by atoms with E-state index in [0.29, 0.717) is 39.6 Å². The van der Waals surface area contributed by atoms with Crippen molar-refractivity contribution in [3.05, 3.63) is 65.5 Å². The number of imidazole rings is 1. The minimum absolute atomic E-state index is 0.200. The fourth-order valence-corrected chi connectivity index (χ4v) is 3.16. The predicted molar refractivity (Wildman–Crippen MR) is 111 cm³/mol. The van der Waals surface area contributed by atoms with Crippen LogP contribution in [0.2, 0.25) is 0 Å². The Morgan fingerprint density at radius 2 is 2.00 bits per heavy atom. The lowest BCUT2D eigenvalue weighted by atomic mass is 10.2. The van der Waals surface area contributed by atoms with Crippen LogP contribution in [-0.4, -0.2) is 25.5 Å². The smallest absolute Gasteiger partial charge is 0.302 e. The van der Waals surface area contributed by atoms with Crippen LogP contribution >= 0.6 is 0 Å². The second-order valence-corrected chi connectivity index (χ2v) is 6.73. The number of nitrogens with two attached hydrogens (primary N) is 1. The van der Waals surface area contributed by atoms with Crippen LogP contribution in [0.1, 0.15) is 23.7 Å². The zero-order valence-electron chi connectivity index (χ0n) is 16.5. The van der Waals surface area contributed by atoms with Gasteiger partial charge in [-0.2, -0.15) is 5.26 Å². The molecule has 1 aromatic carbocycles. The summed E-state index contributed by atoms with van der Waals surface area (Å²) < 4.78 is 6.93. The Bertz CT molecular complexity index is 1300. The van der Waals surface area contributed by atoms with E-state index in [1.54, 1.807) is 25.3 Å². The monoisotopic (exact) mass is 398 g/mol. The Hall–Kier alpha value is -4.25. The van der Waals surface area contributed by atoms with Crippen molar-refractivity contribution in [2.75, 3.05) is 5.73 Å². The Morgan fingerprint density at radius 3 is 2.67 bits per heavy atom. The van der Waals surface area contributed by atoms with E-state index in [1.165, 1.54) is 6.92 Å². The Balaban J connectivity index is 1.92. The van der Waals surface area contributed by atoms with Crippen molar-refractivity contribution in [2.24, 2.45) is 0 Å². The molecular weight excluding hydrogens is 380 g/mol. The minimum atomic E-state index is -0.331. The number of hydrogen-bond acceptors (Lipinski definition) is 7. The third-order valence-corrected chi connectivity index (χ3v) is 4.66. The third kappa shape index (κ3) is 3.44. The summed E-state index contributed by atoms with van der Waals surface area (Å²) in [6, 6.07) is 15.0. The standard InChI is InChI=1S/C22H18N6O2/c1-13-16(11-23)10-19-22(26-13)28(21(27-19)18-4-3-9-25-20(18)24)17-7-5-15(6-8-17)12-30-14(2)29/h3-10H,12H2,1-2H3,(H2,24,25). The van der Waals surface area contributed by atoms with Gasteiger partial charge in [0.15, 0.2) is 11.5 Å². The fraction of sp³-hybridized carbons (Fsp3) is 0.136. The lowest BCUT2D eigenvalue weighted by molar-refractivity contribution is -0.142. The van der Waals surface area contributed by atoms with Gasteiger partial charge in [-0.1, -0.05) is 12.1 Å². The average Bonchev–Trinajstić information content (AvgIpc) is 3.10. The number of aryl methyl sites for hydroxylation is 1. The van der Waals surface area contributed by atoms with E-state index < -0.39 is 0 Å². The molecule has 4 aromatic rings. The number of carbonyl (C=O) groups excluding carboxylic acids is 1. The zero-order valence-corrected chi connectivity index (χ0v) is 16.5. The van der Waals surface area contributed by atoms with Crippen LogP contribution in [0.25, 0.3) is 28.2 Å². The Labute approximate surface area is 172 Å². The first kappa shape index (κ1) is 19.1. The van der Waals surface area contributed by atoms with Crippen LogP contribution in [0.4, 0.5) is 5.82 Å². The predicted octanol–water partition coefficient (Wildman–Crippen LogP) is 3.31. The molecule has 148 valence electrons. The normalized spacial score (nSPS) is 10.7. The highest BCUT2D eigenvalue weighted by atomic mass is 16.5. The largest absolute Gasteiger partial charge is 0.461 e. The van der Waals surface area contributed by atoms with E-state index in [2.05, 4.69) is 16.0 Å². The Kier molecular flexibility index (Phi) is 4.86. The number of aromatic nitrogens is 4. The maximum Gasteiger partial charge on any atom is 0.302 e. The summed E-state index contributed by atoms with van der Waals surface area (Å²) in [5.74, 6) is 0.588. The molecule has 0 saturated heterocycles. The summed E-state index contributed by atoms with van der Waals surface area (Å²) in [6.45, 7) is 3.36. The van der Waals surface area contributed by atoms with Crippen molar-refractivity contribution in [3.8, 4) is 23.1 Å². The number of esters is 1. The minimum Gasteiger partial charge on any atom is -0.461 e. The molecule has 4 rings (SSSR count). The molecule has 0 saturated carbocycles. The molecule has 0 spiro atoms. The van der Waals surface area contributed by atoms with Crippen molar-refractivity contribution in [3.63, 3.8) is 0 Å². The molecular formula is C22H18N6O2. The molecule has 2 N–H and O–H groups in total. The van der Waals surface area contributed by atoms with Crippen LogP contribution in [-0.2, 0) is 16.1 Å². The number of ether oxygens (including phenoxy) is 1. The van der Waals surface area contributed by atoms with Crippen LogP contribution in [0, 0.1) is 18.3 Å². The van der Waals surface area contributed by atoms with Crippen molar-refractivity contribution < 1.29 is 9.53 Å². The van der Waals surface area contributed by atoms with Crippen molar-refractivity contribution in [2.45, 2.75) is 20.5 Å². The number of benzene rings is 1. The number of nitriles is 1. The topological polar surface area (TPSA) is 120 Å². The van der Waals surface area contributed by atoms with Gasteiger partial charge in [0.2, 0.25) is 0 Å². The number of fused-ring (bicyclic) bond motifs is 1. The van der Waals surface area contributed by atoms with Gasteiger partial charge >= 0.3 is 5.97 Å². The molecule has 0 radical (unpaired) electrons. The molecule has 0 bridgehead atoms. The van der Waals surface area contributed by atoms with Crippen LogP contribution in [0.5, 0.6) is 0 Å². The summed E-state index contributed by atoms with van der Waals surface area (Å²) in [7, 11) is 0. The highest BCUT2D eigenvalue weighted by Crippen LogP contribution is 2.31. The van der Waals surface area contributed by atoms with E-state index in [9.17, 15) is 10.1 Å². The molecule has 0 amide bonds. The highest BCUT2D eigenvalue weighted by molar-refractivity contribution is 5.83. The average molecular weight is 398 g/mol.